The number of carboxylic acid groups (broad SMARTS) is 1. The lowest BCUT2D eigenvalue weighted by atomic mass is 9.50. The minimum Gasteiger partial charge on any atom is -0.493 e. The summed E-state index contributed by atoms with van der Waals surface area (Å²) in [6, 6.07) is 2.30. The molecule has 5 rings (SSSR count). The Labute approximate surface area is 215 Å². The van der Waals surface area contributed by atoms with Gasteiger partial charge in [-0.25, -0.2) is 4.79 Å². The van der Waals surface area contributed by atoms with Crippen molar-refractivity contribution in [2.45, 2.75) is 75.3 Å². The lowest BCUT2D eigenvalue weighted by Gasteiger charge is -2.61. The fourth-order valence-corrected chi connectivity index (χ4v) is 6.37. The van der Waals surface area contributed by atoms with Crippen molar-refractivity contribution in [3.63, 3.8) is 0 Å². The normalized spacial score (nSPS) is 30.5. The number of esters is 2. The molecule has 202 valence electrons. The summed E-state index contributed by atoms with van der Waals surface area (Å²) in [6.45, 7) is 2.04. The zero-order valence-corrected chi connectivity index (χ0v) is 20.4. The number of hydrogen-bond donors (Lipinski definition) is 3. The molecule has 11 nitrogen and oxygen atoms in total. The van der Waals surface area contributed by atoms with E-state index in [2.05, 4.69) is 4.90 Å². The Hall–Kier alpha value is -3.15. The largest absolute Gasteiger partial charge is 0.493 e. The summed E-state index contributed by atoms with van der Waals surface area (Å²) in [5.74, 6) is -1.81. The van der Waals surface area contributed by atoms with Crippen LogP contribution in [0.4, 0.5) is 0 Å². The molecule has 2 bridgehead atoms. The Morgan fingerprint density at radius 2 is 2.03 bits per heavy atom. The fourth-order valence-electron chi connectivity index (χ4n) is 6.37. The summed E-state index contributed by atoms with van der Waals surface area (Å²) in [7, 11) is 3.55. The second kappa shape index (κ2) is 9.30. The highest BCUT2D eigenvalue weighted by molar-refractivity contribution is 5.85. The van der Waals surface area contributed by atoms with E-state index < -0.39 is 53.6 Å². The third-order valence-corrected chi connectivity index (χ3v) is 8.10. The number of methoxy groups -OCH3 is 1. The number of benzene rings is 1. The van der Waals surface area contributed by atoms with Crippen LogP contribution in [0.3, 0.4) is 0 Å². The van der Waals surface area contributed by atoms with Crippen molar-refractivity contribution in [1.29, 1.82) is 0 Å². The predicted octanol–water partition coefficient (Wildman–Crippen LogP) is 0.886. The van der Waals surface area contributed by atoms with Gasteiger partial charge in [0.05, 0.1) is 24.5 Å². The average Bonchev–Trinajstić information content (AvgIpc) is 3.18. The minimum atomic E-state index is -1.41. The van der Waals surface area contributed by atoms with Crippen LogP contribution in [0, 0.1) is 0 Å². The SMILES string of the molecule is C.COc1ccc2c3c1O[C@H]1C(OC(=O)[C@H](C)OC(=O)[C@@H](N)CC(=O)O)=CC[C@@]4(O)[C@@H](C2)N(C)CC[C@]314. The number of ether oxygens (including phenoxy) is 4. The van der Waals surface area contributed by atoms with Crippen molar-refractivity contribution < 1.29 is 43.5 Å². The number of hydrogen-bond acceptors (Lipinski definition) is 10. The first-order valence-corrected chi connectivity index (χ1v) is 11.9. The van der Waals surface area contributed by atoms with Crippen molar-refractivity contribution in [2.24, 2.45) is 5.73 Å². The molecule has 0 amide bonds. The molecule has 1 aromatic carbocycles. The Kier molecular flexibility index (Phi) is 6.76. The summed E-state index contributed by atoms with van der Waals surface area (Å²) in [4.78, 5) is 37.9. The van der Waals surface area contributed by atoms with Crippen LogP contribution in [0.2, 0.25) is 0 Å². The molecule has 37 heavy (non-hydrogen) atoms. The summed E-state index contributed by atoms with van der Waals surface area (Å²) >= 11 is 0. The lowest BCUT2D eigenvalue weighted by Crippen LogP contribution is -2.74. The fraction of sp³-hybridized carbons (Fsp3) is 0.577. The molecule has 0 unspecified atom stereocenters. The number of carboxylic acids is 1. The smallest absolute Gasteiger partial charge is 0.352 e. The molecule has 2 aliphatic carbocycles. The van der Waals surface area contributed by atoms with Crippen LogP contribution in [0.25, 0.3) is 0 Å². The number of likely N-dealkylation sites (N-methyl/N-ethyl adjacent to an activating group) is 1. The van der Waals surface area contributed by atoms with Gasteiger partial charge < -0.3 is 39.8 Å². The predicted molar refractivity (Wildman–Crippen MR) is 130 cm³/mol. The lowest BCUT2D eigenvalue weighted by molar-refractivity contribution is -0.176. The van der Waals surface area contributed by atoms with Crippen molar-refractivity contribution in [3.8, 4) is 11.5 Å². The molecule has 0 aromatic heterocycles. The van der Waals surface area contributed by atoms with Crippen molar-refractivity contribution in [3.05, 3.63) is 35.1 Å². The first kappa shape index (κ1) is 26.9. The number of aliphatic hydroxyl groups is 1. The molecule has 2 aliphatic heterocycles. The van der Waals surface area contributed by atoms with Gasteiger partial charge in [0.15, 0.2) is 23.7 Å². The van der Waals surface area contributed by atoms with Crippen LogP contribution < -0.4 is 15.2 Å². The second-order valence-corrected chi connectivity index (χ2v) is 9.99. The molecule has 6 atom stereocenters. The van der Waals surface area contributed by atoms with Gasteiger partial charge in [-0.3, -0.25) is 9.59 Å². The van der Waals surface area contributed by atoms with Gasteiger partial charge >= 0.3 is 17.9 Å². The maximum absolute atomic E-state index is 12.9. The van der Waals surface area contributed by atoms with E-state index in [4.69, 9.17) is 29.8 Å². The van der Waals surface area contributed by atoms with E-state index in [-0.39, 0.29) is 25.6 Å². The second-order valence-electron chi connectivity index (χ2n) is 9.99. The van der Waals surface area contributed by atoms with Crippen molar-refractivity contribution in [2.75, 3.05) is 20.7 Å². The van der Waals surface area contributed by atoms with Crippen molar-refractivity contribution in [1.82, 2.24) is 4.90 Å². The highest BCUT2D eigenvalue weighted by Gasteiger charge is 2.72. The molecule has 0 saturated carbocycles. The number of piperidine rings is 1. The number of aliphatic carboxylic acids is 1. The third kappa shape index (κ3) is 3.79. The van der Waals surface area contributed by atoms with Gasteiger partial charge in [0.25, 0.3) is 0 Å². The van der Waals surface area contributed by atoms with E-state index in [0.717, 1.165) is 17.7 Å². The molecular formula is C26H34N2O9. The Morgan fingerprint density at radius 1 is 1.30 bits per heavy atom. The van der Waals surface area contributed by atoms with E-state index in [9.17, 15) is 19.5 Å². The molecule has 4 aliphatic rings. The van der Waals surface area contributed by atoms with Gasteiger partial charge in [0, 0.05) is 18.0 Å². The summed E-state index contributed by atoms with van der Waals surface area (Å²) in [6.07, 6.45) is 0.419. The van der Waals surface area contributed by atoms with Gasteiger partial charge in [-0.05, 0) is 51.1 Å². The van der Waals surface area contributed by atoms with Crippen LogP contribution in [0.5, 0.6) is 11.5 Å². The Morgan fingerprint density at radius 3 is 2.70 bits per heavy atom. The maximum atomic E-state index is 12.9. The van der Waals surface area contributed by atoms with E-state index >= 15 is 0 Å². The third-order valence-electron chi connectivity index (χ3n) is 8.10. The molecule has 11 heteroatoms. The number of nitrogens with two attached hydrogens (primary N) is 1. The first-order chi connectivity index (χ1) is 17.0. The molecule has 1 saturated heterocycles. The van der Waals surface area contributed by atoms with Gasteiger partial charge in [0.2, 0.25) is 0 Å². The summed E-state index contributed by atoms with van der Waals surface area (Å²) in [5.41, 5.74) is 5.52. The quantitative estimate of drug-likeness (QED) is 0.440. The Bertz CT molecular complexity index is 1170. The number of nitrogens with zero attached hydrogens (tertiary/aromatic N) is 1. The first-order valence-electron chi connectivity index (χ1n) is 11.9. The van der Waals surface area contributed by atoms with Crippen LogP contribution in [-0.4, -0.2) is 83.6 Å². The number of rotatable bonds is 7. The standard InChI is InChI=1S/C25H30N2O9.CH4/c1-12(34-23(31)14(26)11-18(28)29)22(30)35-16-6-7-25(32)17-10-13-4-5-15(33-3)20-19(13)24(25,21(16)36-20)8-9-27(17)2;/h4-6,12,14,17,21,32H,7-11,26H2,1-3H3,(H,28,29);1H4/t12-,14-,17+,21-,24-,25+;/m0./s1. The van der Waals surface area contributed by atoms with Crippen molar-refractivity contribution >= 4 is 17.9 Å². The van der Waals surface area contributed by atoms with Gasteiger partial charge in [-0.2, -0.15) is 0 Å². The van der Waals surface area contributed by atoms with Crippen LogP contribution >= 0.6 is 0 Å². The van der Waals surface area contributed by atoms with Gasteiger partial charge in [-0.1, -0.05) is 13.5 Å². The minimum absolute atomic E-state index is 0. The molecule has 1 fully saturated rings. The summed E-state index contributed by atoms with van der Waals surface area (Å²) < 4.78 is 22.7. The van der Waals surface area contributed by atoms with E-state index in [0.29, 0.717) is 24.3 Å². The van der Waals surface area contributed by atoms with E-state index in [1.807, 2.05) is 19.2 Å². The number of carbonyl (C=O) groups is 3. The number of carbonyl (C=O) groups excluding carboxylic acids is 2. The molecule has 1 aromatic rings. The molecule has 0 radical (unpaired) electrons. The average molecular weight is 519 g/mol. The van der Waals surface area contributed by atoms with E-state index in [1.54, 1.807) is 13.2 Å². The maximum Gasteiger partial charge on any atom is 0.352 e. The number of likely N-dealkylation sites (tertiary alicyclic amines) is 1. The van der Waals surface area contributed by atoms with Crippen LogP contribution in [-0.2, 0) is 35.7 Å². The van der Waals surface area contributed by atoms with Gasteiger partial charge in [0.1, 0.15) is 11.8 Å². The highest BCUT2D eigenvalue weighted by atomic mass is 16.6. The topological polar surface area (TPSA) is 158 Å². The molecular weight excluding hydrogens is 484 g/mol. The van der Waals surface area contributed by atoms with Crippen LogP contribution in [0.15, 0.2) is 24.0 Å². The Balaban J connectivity index is 0.00000320. The highest BCUT2D eigenvalue weighted by Crippen LogP contribution is 2.65. The zero-order chi connectivity index (χ0) is 26.0. The van der Waals surface area contributed by atoms with Crippen LogP contribution in [0.1, 0.15) is 44.7 Å². The van der Waals surface area contributed by atoms with E-state index in [1.165, 1.54) is 6.92 Å². The molecule has 1 spiro atoms. The zero-order valence-electron chi connectivity index (χ0n) is 20.4. The molecule has 2 heterocycles. The molecule has 4 N–H and O–H groups in total. The summed E-state index contributed by atoms with van der Waals surface area (Å²) in [5, 5.41) is 21.0. The van der Waals surface area contributed by atoms with Gasteiger partial charge in [-0.15, -0.1) is 0 Å². The monoisotopic (exact) mass is 518 g/mol.